The van der Waals surface area contributed by atoms with E-state index in [-0.39, 0.29) is 28.1 Å². The molecule has 29 heavy (non-hydrogen) atoms. The lowest BCUT2D eigenvalue weighted by Crippen LogP contribution is -2.32. The monoisotopic (exact) mass is 414 g/mol. The Kier molecular flexibility index (Phi) is 5.89. The lowest BCUT2D eigenvalue weighted by Gasteiger charge is -2.17. The second-order valence-electron chi connectivity index (χ2n) is 6.46. The van der Waals surface area contributed by atoms with E-state index in [0.29, 0.717) is 11.4 Å². The molecule has 0 fully saturated rings. The molecule has 0 saturated heterocycles. The number of esters is 1. The van der Waals surface area contributed by atoms with Crippen molar-refractivity contribution in [3.05, 3.63) is 64.8 Å². The Balaban J connectivity index is 1.90. The van der Waals surface area contributed by atoms with Crippen LogP contribution < -0.4 is 15.0 Å². The Hall–Kier alpha value is -3.32. The van der Waals surface area contributed by atoms with E-state index in [1.165, 1.54) is 19.2 Å². The molecule has 0 saturated carbocycles. The van der Waals surface area contributed by atoms with E-state index >= 15 is 0 Å². The highest BCUT2D eigenvalue weighted by molar-refractivity contribution is 6.53. The molecule has 2 amide bonds. The number of rotatable bonds is 6. The number of methoxy groups -OCH3 is 1. The fourth-order valence-corrected chi connectivity index (χ4v) is 3.00. The van der Waals surface area contributed by atoms with Crippen LogP contribution in [0.4, 0.5) is 11.4 Å². The molecule has 0 bridgehead atoms. The topological polar surface area (TPSA) is 84.9 Å². The average molecular weight is 415 g/mol. The zero-order valence-electron chi connectivity index (χ0n) is 16.1. The lowest BCUT2D eigenvalue weighted by atomic mass is 10.2. The summed E-state index contributed by atoms with van der Waals surface area (Å²) in [6.45, 7) is 3.46. The summed E-state index contributed by atoms with van der Waals surface area (Å²) in [5.74, 6) is -1.39. The Labute approximate surface area is 172 Å². The first-order valence-electron chi connectivity index (χ1n) is 8.83. The molecule has 0 radical (unpaired) electrons. The van der Waals surface area contributed by atoms with E-state index < -0.39 is 17.8 Å². The van der Waals surface area contributed by atoms with Gasteiger partial charge < -0.3 is 14.8 Å². The summed E-state index contributed by atoms with van der Waals surface area (Å²) in [6, 6.07) is 13.0. The molecule has 1 heterocycles. The number of halogens is 1. The number of hydrogen-bond acceptors (Lipinski definition) is 6. The molecule has 1 aliphatic rings. The third kappa shape index (κ3) is 4.09. The Morgan fingerprint density at radius 2 is 1.79 bits per heavy atom. The standard InChI is InChI=1S/C21H19ClN2O5/c1-12(2)29-21(27)13-7-6-8-14(11-13)24-19(25)17(22)18(20(24)26)23-15-9-4-5-10-16(15)28-3/h4-12,23H,1-3H3. The number of carbonyl (C=O) groups excluding carboxylic acids is 3. The smallest absolute Gasteiger partial charge is 0.338 e. The van der Waals surface area contributed by atoms with Crippen molar-refractivity contribution < 1.29 is 23.9 Å². The fourth-order valence-electron chi connectivity index (χ4n) is 2.78. The molecule has 0 atom stereocenters. The highest BCUT2D eigenvalue weighted by Crippen LogP contribution is 2.33. The van der Waals surface area contributed by atoms with E-state index in [9.17, 15) is 14.4 Å². The highest BCUT2D eigenvalue weighted by atomic mass is 35.5. The SMILES string of the molecule is COc1ccccc1NC1=C(Cl)C(=O)N(c2cccc(C(=O)OC(C)C)c2)C1=O. The third-order valence-electron chi connectivity index (χ3n) is 4.08. The molecule has 8 heteroatoms. The minimum Gasteiger partial charge on any atom is -0.495 e. The van der Waals surface area contributed by atoms with Gasteiger partial charge in [0.05, 0.1) is 30.2 Å². The van der Waals surface area contributed by atoms with Crippen LogP contribution in [-0.2, 0) is 14.3 Å². The van der Waals surface area contributed by atoms with E-state index in [2.05, 4.69) is 5.32 Å². The number of para-hydroxylation sites is 2. The summed E-state index contributed by atoms with van der Waals surface area (Å²) in [7, 11) is 1.49. The summed E-state index contributed by atoms with van der Waals surface area (Å²) in [5.41, 5.74) is 0.851. The maximum absolute atomic E-state index is 12.9. The van der Waals surface area contributed by atoms with Crippen LogP contribution in [0, 0.1) is 0 Å². The first-order chi connectivity index (χ1) is 13.8. The van der Waals surface area contributed by atoms with Crippen LogP contribution in [0.25, 0.3) is 0 Å². The number of imide groups is 1. The minimum absolute atomic E-state index is 0.0728. The van der Waals surface area contributed by atoms with Gasteiger partial charge in [0.2, 0.25) is 0 Å². The summed E-state index contributed by atoms with van der Waals surface area (Å²) in [4.78, 5) is 38.7. The second-order valence-corrected chi connectivity index (χ2v) is 6.84. The van der Waals surface area contributed by atoms with Crippen LogP contribution in [0.3, 0.4) is 0 Å². The Morgan fingerprint density at radius 1 is 1.07 bits per heavy atom. The summed E-state index contributed by atoms with van der Waals surface area (Å²) in [6.07, 6.45) is -0.297. The van der Waals surface area contributed by atoms with Crippen molar-refractivity contribution in [2.75, 3.05) is 17.3 Å². The van der Waals surface area contributed by atoms with Crippen molar-refractivity contribution in [3.63, 3.8) is 0 Å². The molecule has 150 valence electrons. The van der Waals surface area contributed by atoms with E-state index in [1.54, 1.807) is 50.2 Å². The molecule has 2 aromatic rings. The molecule has 0 aliphatic carbocycles. The number of hydrogen-bond donors (Lipinski definition) is 1. The average Bonchev–Trinajstić information content (AvgIpc) is 2.91. The first kappa shape index (κ1) is 20.4. The summed E-state index contributed by atoms with van der Waals surface area (Å²) < 4.78 is 10.4. The van der Waals surface area contributed by atoms with Gasteiger partial charge in [0.15, 0.2) is 0 Å². The molecular formula is C21H19ClN2O5. The van der Waals surface area contributed by atoms with Gasteiger partial charge in [-0.1, -0.05) is 29.8 Å². The summed E-state index contributed by atoms with van der Waals surface area (Å²) >= 11 is 6.16. The minimum atomic E-state index is -0.691. The van der Waals surface area contributed by atoms with Crippen LogP contribution in [0.2, 0.25) is 0 Å². The predicted octanol–water partition coefficient (Wildman–Crippen LogP) is 3.70. The van der Waals surface area contributed by atoms with Crippen molar-refractivity contribution in [2.45, 2.75) is 20.0 Å². The number of ether oxygens (including phenoxy) is 2. The molecule has 3 rings (SSSR count). The molecular weight excluding hydrogens is 396 g/mol. The van der Waals surface area contributed by atoms with Gasteiger partial charge in [-0.2, -0.15) is 0 Å². The molecule has 2 aromatic carbocycles. The normalized spacial score (nSPS) is 13.9. The van der Waals surface area contributed by atoms with Gasteiger partial charge >= 0.3 is 5.97 Å². The molecule has 0 unspecified atom stereocenters. The fraction of sp³-hybridized carbons (Fsp3) is 0.190. The molecule has 0 aromatic heterocycles. The Morgan fingerprint density at radius 3 is 2.48 bits per heavy atom. The van der Waals surface area contributed by atoms with Gasteiger partial charge in [0.25, 0.3) is 11.8 Å². The maximum atomic E-state index is 12.9. The van der Waals surface area contributed by atoms with Crippen molar-refractivity contribution >= 4 is 40.8 Å². The molecule has 1 N–H and O–H groups in total. The van der Waals surface area contributed by atoms with Crippen LogP contribution in [0.15, 0.2) is 59.3 Å². The van der Waals surface area contributed by atoms with Crippen molar-refractivity contribution in [2.24, 2.45) is 0 Å². The van der Waals surface area contributed by atoms with E-state index in [1.807, 2.05) is 0 Å². The number of nitrogens with zero attached hydrogens (tertiary/aromatic N) is 1. The number of anilines is 2. The maximum Gasteiger partial charge on any atom is 0.338 e. The van der Waals surface area contributed by atoms with Crippen LogP contribution in [-0.4, -0.2) is 31.0 Å². The number of nitrogens with one attached hydrogen (secondary N) is 1. The van der Waals surface area contributed by atoms with Crippen molar-refractivity contribution in [1.29, 1.82) is 0 Å². The van der Waals surface area contributed by atoms with Crippen LogP contribution in [0.5, 0.6) is 5.75 Å². The highest BCUT2D eigenvalue weighted by Gasteiger charge is 2.39. The second kappa shape index (κ2) is 8.36. The van der Waals surface area contributed by atoms with Crippen LogP contribution in [0.1, 0.15) is 24.2 Å². The van der Waals surface area contributed by atoms with Gasteiger partial charge in [0, 0.05) is 0 Å². The van der Waals surface area contributed by atoms with Gasteiger partial charge in [-0.25, -0.2) is 9.69 Å². The van der Waals surface area contributed by atoms with Gasteiger partial charge in [-0.3, -0.25) is 9.59 Å². The van der Waals surface area contributed by atoms with E-state index in [4.69, 9.17) is 21.1 Å². The number of benzene rings is 2. The first-order valence-corrected chi connectivity index (χ1v) is 9.21. The van der Waals surface area contributed by atoms with Crippen molar-refractivity contribution in [1.82, 2.24) is 0 Å². The lowest BCUT2D eigenvalue weighted by molar-refractivity contribution is -0.120. The zero-order chi connectivity index (χ0) is 21.1. The largest absolute Gasteiger partial charge is 0.495 e. The Bertz CT molecular complexity index is 1020. The van der Waals surface area contributed by atoms with Gasteiger partial charge in [-0.15, -0.1) is 0 Å². The summed E-state index contributed by atoms with van der Waals surface area (Å²) in [5, 5.41) is 2.62. The van der Waals surface area contributed by atoms with Gasteiger partial charge in [-0.05, 0) is 44.2 Å². The third-order valence-corrected chi connectivity index (χ3v) is 4.43. The zero-order valence-corrected chi connectivity index (χ0v) is 16.8. The van der Waals surface area contributed by atoms with Crippen LogP contribution >= 0.6 is 11.6 Å². The molecule has 1 aliphatic heterocycles. The predicted molar refractivity (Wildman–Crippen MR) is 109 cm³/mol. The number of carbonyl (C=O) groups is 3. The molecule has 7 nitrogen and oxygen atoms in total. The number of amides is 2. The van der Waals surface area contributed by atoms with E-state index in [0.717, 1.165) is 4.90 Å². The quantitative estimate of drug-likeness (QED) is 0.573. The molecule has 0 spiro atoms. The van der Waals surface area contributed by atoms with Gasteiger partial charge in [0.1, 0.15) is 16.5 Å². The van der Waals surface area contributed by atoms with Crippen molar-refractivity contribution in [3.8, 4) is 5.75 Å².